The highest BCUT2D eigenvalue weighted by Gasteiger charge is 2.18. The lowest BCUT2D eigenvalue weighted by atomic mass is 10.2. The van der Waals surface area contributed by atoms with Crippen LogP contribution in [0.25, 0.3) is 11.0 Å². The fraction of sp³-hybridized carbons (Fsp3) is 0.421. The standard InChI is InChI=1S/C19H25N5O3/c1-3-4-10-24-18(25)15-16(20-2)21-22-17(15)23(19(24)26)11-12-27-13-14-8-6-5-7-9-14/h5-9H,3-4,10-13H2,1-2H3,(H2,20,21,22). The van der Waals surface area contributed by atoms with Crippen LogP contribution in [0.2, 0.25) is 0 Å². The van der Waals surface area contributed by atoms with Crippen molar-refractivity contribution in [3.05, 3.63) is 56.7 Å². The number of nitrogens with one attached hydrogen (secondary N) is 2. The Bertz CT molecular complexity index is 1000. The molecule has 1 aromatic carbocycles. The van der Waals surface area contributed by atoms with Gasteiger partial charge in [0.15, 0.2) is 5.65 Å². The Morgan fingerprint density at radius 2 is 1.93 bits per heavy atom. The minimum atomic E-state index is -0.349. The molecular weight excluding hydrogens is 346 g/mol. The summed E-state index contributed by atoms with van der Waals surface area (Å²) >= 11 is 0. The van der Waals surface area contributed by atoms with Crippen LogP contribution >= 0.6 is 0 Å². The van der Waals surface area contributed by atoms with Gasteiger partial charge in [0.25, 0.3) is 5.56 Å². The number of fused-ring (bicyclic) bond motifs is 1. The van der Waals surface area contributed by atoms with Gasteiger partial charge in [-0.25, -0.2) is 4.79 Å². The summed E-state index contributed by atoms with van der Waals surface area (Å²) in [6.07, 6.45) is 1.66. The number of H-pyrrole nitrogens is 1. The number of anilines is 1. The summed E-state index contributed by atoms with van der Waals surface area (Å²) in [6.45, 7) is 3.55. The molecule has 2 aromatic heterocycles. The molecule has 144 valence electrons. The Hall–Kier alpha value is -2.87. The lowest BCUT2D eigenvalue weighted by Crippen LogP contribution is -2.40. The molecular formula is C19H25N5O3. The molecule has 3 rings (SSSR count). The van der Waals surface area contributed by atoms with Crippen LogP contribution in [0.4, 0.5) is 5.82 Å². The maximum absolute atomic E-state index is 12.9. The topological polar surface area (TPSA) is 93.9 Å². The zero-order chi connectivity index (χ0) is 19.2. The van der Waals surface area contributed by atoms with E-state index < -0.39 is 0 Å². The summed E-state index contributed by atoms with van der Waals surface area (Å²) in [4.78, 5) is 25.6. The van der Waals surface area contributed by atoms with Gasteiger partial charge in [-0.05, 0) is 12.0 Å². The molecule has 2 heterocycles. The molecule has 0 aliphatic carbocycles. The van der Waals surface area contributed by atoms with Crippen molar-refractivity contribution in [1.82, 2.24) is 19.3 Å². The number of hydrogen-bond acceptors (Lipinski definition) is 5. The van der Waals surface area contributed by atoms with Crippen LogP contribution < -0.4 is 16.6 Å². The average Bonchev–Trinajstić information content (AvgIpc) is 3.12. The Kier molecular flexibility index (Phi) is 6.08. The average molecular weight is 371 g/mol. The van der Waals surface area contributed by atoms with Gasteiger partial charge < -0.3 is 10.1 Å². The van der Waals surface area contributed by atoms with Crippen molar-refractivity contribution < 1.29 is 4.74 Å². The summed E-state index contributed by atoms with van der Waals surface area (Å²) in [5, 5.41) is 10.3. The van der Waals surface area contributed by atoms with Gasteiger partial charge in [-0.2, -0.15) is 5.10 Å². The third kappa shape index (κ3) is 3.95. The minimum Gasteiger partial charge on any atom is -0.375 e. The number of hydrogen-bond donors (Lipinski definition) is 2. The van der Waals surface area contributed by atoms with Gasteiger partial charge in [0.1, 0.15) is 11.2 Å². The van der Waals surface area contributed by atoms with Crippen molar-refractivity contribution >= 4 is 16.9 Å². The second-order valence-corrected chi connectivity index (χ2v) is 6.33. The summed E-state index contributed by atoms with van der Waals surface area (Å²) in [5.41, 5.74) is 0.756. The van der Waals surface area contributed by atoms with E-state index in [4.69, 9.17) is 4.74 Å². The zero-order valence-electron chi connectivity index (χ0n) is 15.7. The monoisotopic (exact) mass is 371 g/mol. The van der Waals surface area contributed by atoms with E-state index in [1.165, 1.54) is 9.13 Å². The van der Waals surface area contributed by atoms with Gasteiger partial charge >= 0.3 is 5.69 Å². The van der Waals surface area contributed by atoms with Crippen molar-refractivity contribution in [2.24, 2.45) is 0 Å². The van der Waals surface area contributed by atoms with E-state index in [-0.39, 0.29) is 11.2 Å². The van der Waals surface area contributed by atoms with Crippen LogP contribution in [0.3, 0.4) is 0 Å². The minimum absolute atomic E-state index is 0.317. The van der Waals surface area contributed by atoms with Crippen LogP contribution in [-0.4, -0.2) is 33.0 Å². The molecule has 8 heteroatoms. The van der Waals surface area contributed by atoms with Gasteiger partial charge in [0.2, 0.25) is 0 Å². The van der Waals surface area contributed by atoms with Crippen molar-refractivity contribution in [2.45, 2.75) is 39.5 Å². The van der Waals surface area contributed by atoms with E-state index >= 15 is 0 Å². The fourth-order valence-electron chi connectivity index (χ4n) is 3.00. The van der Waals surface area contributed by atoms with Crippen molar-refractivity contribution in [1.29, 1.82) is 0 Å². The number of benzene rings is 1. The first-order chi connectivity index (χ1) is 13.2. The molecule has 0 atom stereocenters. The predicted octanol–water partition coefficient (Wildman–Crippen LogP) is 1.94. The Labute approximate surface area is 156 Å². The summed E-state index contributed by atoms with van der Waals surface area (Å²) in [7, 11) is 1.71. The third-order valence-electron chi connectivity index (χ3n) is 4.48. The van der Waals surface area contributed by atoms with E-state index in [1.807, 2.05) is 37.3 Å². The highest BCUT2D eigenvalue weighted by molar-refractivity contribution is 5.86. The molecule has 0 aliphatic rings. The number of aromatic nitrogens is 4. The SMILES string of the molecule is CCCCn1c(=O)c2c(NC)[nH]nc2n(CCOCc2ccccc2)c1=O. The molecule has 0 saturated carbocycles. The highest BCUT2D eigenvalue weighted by atomic mass is 16.5. The Morgan fingerprint density at radius 3 is 2.63 bits per heavy atom. The molecule has 0 unspecified atom stereocenters. The fourth-order valence-corrected chi connectivity index (χ4v) is 3.00. The number of ether oxygens (including phenoxy) is 1. The smallest absolute Gasteiger partial charge is 0.332 e. The van der Waals surface area contributed by atoms with Gasteiger partial charge in [-0.1, -0.05) is 43.7 Å². The van der Waals surface area contributed by atoms with E-state index in [9.17, 15) is 9.59 Å². The van der Waals surface area contributed by atoms with Crippen molar-refractivity contribution in [3.8, 4) is 0 Å². The van der Waals surface area contributed by atoms with Crippen LogP contribution in [-0.2, 0) is 24.4 Å². The van der Waals surface area contributed by atoms with E-state index in [0.29, 0.717) is 43.2 Å². The van der Waals surface area contributed by atoms with Crippen LogP contribution in [0.5, 0.6) is 0 Å². The molecule has 8 nitrogen and oxygen atoms in total. The molecule has 0 fully saturated rings. The first-order valence-corrected chi connectivity index (χ1v) is 9.18. The van der Waals surface area contributed by atoms with Gasteiger partial charge in [-0.3, -0.25) is 19.0 Å². The maximum Gasteiger partial charge on any atom is 0.332 e. The normalized spacial score (nSPS) is 11.2. The van der Waals surface area contributed by atoms with Gasteiger partial charge in [0.05, 0.1) is 19.8 Å². The first-order valence-electron chi connectivity index (χ1n) is 9.18. The number of aromatic amines is 1. The van der Waals surface area contributed by atoms with Crippen LogP contribution in [0.15, 0.2) is 39.9 Å². The predicted molar refractivity (Wildman–Crippen MR) is 105 cm³/mol. The second kappa shape index (κ2) is 8.68. The molecule has 3 aromatic rings. The molecule has 0 radical (unpaired) electrons. The highest BCUT2D eigenvalue weighted by Crippen LogP contribution is 2.14. The second-order valence-electron chi connectivity index (χ2n) is 6.33. The summed E-state index contributed by atoms with van der Waals surface area (Å²) in [6, 6.07) is 9.85. The van der Waals surface area contributed by atoms with E-state index in [1.54, 1.807) is 7.05 Å². The van der Waals surface area contributed by atoms with E-state index in [0.717, 1.165) is 18.4 Å². The van der Waals surface area contributed by atoms with Crippen molar-refractivity contribution in [2.75, 3.05) is 19.0 Å². The number of nitrogens with zero attached hydrogens (tertiary/aromatic N) is 3. The quantitative estimate of drug-likeness (QED) is 0.561. The van der Waals surface area contributed by atoms with Gasteiger partial charge in [0, 0.05) is 13.6 Å². The number of rotatable bonds is 9. The molecule has 2 N–H and O–H groups in total. The largest absolute Gasteiger partial charge is 0.375 e. The third-order valence-corrected chi connectivity index (χ3v) is 4.48. The molecule has 0 bridgehead atoms. The Balaban J connectivity index is 1.87. The molecule has 0 saturated heterocycles. The maximum atomic E-state index is 12.9. The van der Waals surface area contributed by atoms with Crippen LogP contribution in [0.1, 0.15) is 25.3 Å². The number of unbranched alkanes of at least 4 members (excludes halogenated alkanes) is 1. The zero-order valence-corrected chi connectivity index (χ0v) is 15.7. The molecule has 27 heavy (non-hydrogen) atoms. The van der Waals surface area contributed by atoms with E-state index in [2.05, 4.69) is 15.5 Å². The molecule has 0 aliphatic heterocycles. The van der Waals surface area contributed by atoms with Gasteiger partial charge in [-0.15, -0.1) is 0 Å². The molecule has 0 spiro atoms. The van der Waals surface area contributed by atoms with Crippen molar-refractivity contribution in [3.63, 3.8) is 0 Å². The molecule has 0 amide bonds. The lowest BCUT2D eigenvalue weighted by Gasteiger charge is -2.12. The van der Waals surface area contributed by atoms with Crippen LogP contribution in [0, 0.1) is 0 Å². The summed E-state index contributed by atoms with van der Waals surface area (Å²) < 4.78 is 8.51. The first kappa shape index (κ1) is 18.9. The lowest BCUT2D eigenvalue weighted by molar-refractivity contribution is 0.112. The summed E-state index contributed by atoms with van der Waals surface area (Å²) in [5.74, 6) is 0.513. The Morgan fingerprint density at radius 1 is 1.15 bits per heavy atom.